The predicted molar refractivity (Wildman–Crippen MR) is 93.7 cm³/mol. The fraction of sp³-hybridized carbons (Fsp3) is 0.474. The second-order valence-electron chi connectivity index (χ2n) is 6.25. The number of hydrogen-bond acceptors (Lipinski definition) is 4. The fourth-order valence-corrected chi connectivity index (χ4v) is 3.68. The van der Waals surface area contributed by atoms with Crippen LogP contribution in [0, 0.1) is 0 Å². The van der Waals surface area contributed by atoms with E-state index in [9.17, 15) is 4.79 Å². The molecule has 1 aromatic heterocycles. The van der Waals surface area contributed by atoms with Crippen molar-refractivity contribution in [3.05, 3.63) is 41.6 Å². The van der Waals surface area contributed by atoms with Crippen molar-refractivity contribution in [1.82, 2.24) is 14.7 Å². The fourth-order valence-electron chi connectivity index (χ4n) is 3.68. The van der Waals surface area contributed by atoms with Crippen LogP contribution in [0.1, 0.15) is 24.6 Å². The molecule has 5 heteroatoms. The van der Waals surface area contributed by atoms with Crippen LogP contribution >= 0.6 is 0 Å². The Hall–Kier alpha value is -2.14. The lowest BCUT2D eigenvalue weighted by Crippen LogP contribution is -2.43. The van der Waals surface area contributed by atoms with Gasteiger partial charge in [-0.05, 0) is 12.8 Å². The van der Waals surface area contributed by atoms with Crippen molar-refractivity contribution >= 4 is 5.97 Å². The minimum atomic E-state index is -0.159. The van der Waals surface area contributed by atoms with Crippen LogP contribution in [0.25, 0.3) is 11.3 Å². The van der Waals surface area contributed by atoms with Gasteiger partial charge in [0.1, 0.15) is 6.04 Å². The van der Waals surface area contributed by atoms with Crippen LogP contribution in [-0.2, 0) is 29.4 Å². The number of aryl methyl sites for hydroxylation is 1. The smallest absolute Gasteiger partial charge is 0.323 e. The molecule has 0 saturated carbocycles. The third-order valence-corrected chi connectivity index (χ3v) is 4.86. The molecule has 128 valence electrons. The van der Waals surface area contributed by atoms with E-state index >= 15 is 0 Å². The van der Waals surface area contributed by atoms with Crippen LogP contribution in [0.5, 0.6) is 0 Å². The summed E-state index contributed by atoms with van der Waals surface area (Å²) in [4.78, 5) is 14.3. The van der Waals surface area contributed by atoms with Crippen molar-refractivity contribution in [2.75, 3.05) is 20.2 Å². The number of benzene rings is 1. The van der Waals surface area contributed by atoms with Gasteiger partial charge in [0.05, 0.1) is 18.5 Å². The molecule has 1 unspecified atom stereocenters. The van der Waals surface area contributed by atoms with Crippen LogP contribution in [0.15, 0.2) is 30.3 Å². The maximum atomic E-state index is 12.0. The van der Waals surface area contributed by atoms with Crippen LogP contribution in [0.4, 0.5) is 0 Å². The molecule has 2 aromatic rings. The first-order chi connectivity index (χ1) is 11.7. The largest absolute Gasteiger partial charge is 0.468 e. The number of fused-ring (bicyclic) bond motifs is 1. The highest BCUT2D eigenvalue weighted by Crippen LogP contribution is 2.29. The lowest BCUT2D eigenvalue weighted by atomic mass is 10.0. The first-order valence-corrected chi connectivity index (χ1v) is 8.57. The average molecular weight is 327 g/mol. The molecule has 0 aliphatic carbocycles. The van der Waals surface area contributed by atoms with E-state index in [2.05, 4.69) is 29.2 Å². The molecule has 0 fully saturated rings. The number of hydrogen-bond donors (Lipinski definition) is 0. The highest BCUT2D eigenvalue weighted by Gasteiger charge is 2.29. The summed E-state index contributed by atoms with van der Waals surface area (Å²) in [5.41, 5.74) is 4.85. The lowest BCUT2D eigenvalue weighted by Gasteiger charge is -2.27. The van der Waals surface area contributed by atoms with Gasteiger partial charge < -0.3 is 4.74 Å². The molecule has 0 spiro atoms. The van der Waals surface area contributed by atoms with Crippen molar-refractivity contribution < 1.29 is 9.53 Å². The molecule has 3 rings (SSSR count). The molecule has 0 amide bonds. The number of methoxy groups -OCH3 is 1. The molecule has 2 heterocycles. The molecule has 1 aromatic carbocycles. The maximum Gasteiger partial charge on any atom is 0.323 e. The second-order valence-corrected chi connectivity index (χ2v) is 6.25. The topological polar surface area (TPSA) is 47.4 Å². The SMILES string of the molecule is CCC(C(=O)OC)N1CCc2nn(C)c(-c3ccccc3)c2CC1. The number of carbonyl (C=O) groups is 1. The number of rotatable bonds is 4. The van der Waals surface area contributed by atoms with Crippen molar-refractivity contribution in [3.8, 4) is 11.3 Å². The van der Waals surface area contributed by atoms with Gasteiger partial charge in [-0.3, -0.25) is 14.4 Å². The summed E-state index contributed by atoms with van der Waals surface area (Å²) in [6.45, 7) is 3.73. The summed E-state index contributed by atoms with van der Waals surface area (Å²) in [7, 11) is 3.48. The minimum absolute atomic E-state index is 0.138. The van der Waals surface area contributed by atoms with Gasteiger partial charge >= 0.3 is 5.97 Å². The van der Waals surface area contributed by atoms with Crippen LogP contribution in [-0.4, -0.2) is 46.9 Å². The molecule has 1 atom stereocenters. The number of aromatic nitrogens is 2. The molecule has 0 bridgehead atoms. The predicted octanol–water partition coefficient (Wildman–Crippen LogP) is 2.44. The van der Waals surface area contributed by atoms with Crippen molar-refractivity contribution in [1.29, 1.82) is 0 Å². The molecule has 0 N–H and O–H groups in total. The number of nitrogens with zero attached hydrogens (tertiary/aromatic N) is 3. The van der Waals surface area contributed by atoms with Gasteiger partial charge in [0.15, 0.2) is 0 Å². The van der Waals surface area contributed by atoms with E-state index in [1.165, 1.54) is 23.9 Å². The number of esters is 1. The summed E-state index contributed by atoms with van der Waals surface area (Å²) in [6, 6.07) is 10.2. The Labute approximate surface area is 143 Å². The number of ether oxygens (including phenoxy) is 1. The summed E-state index contributed by atoms with van der Waals surface area (Å²) < 4.78 is 6.96. The molecule has 5 nitrogen and oxygen atoms in total. The van der Waals surface area contributed by atoms with Crippen LogP contribution in [0.3, 0.4) is 0 Å². The Bertz CT molecular complexity index is 709. The standard InChI is InChI=1S/C19H25N3O2/c1-4-17(19(23)24-3)22-12-10-15-16(11-13-22)20-21(2)18(15)14-8-6-5-7-9-14/h5-9,17H,4,10-13H2,1-3H3. The van der Waals surface area contributed by atoms with E-state index in [0.717, 1.165) is 38.0 Å². The van der Waals surface area contributed by atoms with Gasteiger partial charge in [-0.2, -0.15) is 5.10 Å². The van der Waals surface area contributed by atoms with Gasteiger partial charge in [-0.25, -0.2) is 0 Å². The summed E-state index contributed by atoms with van der Waals surface area (Å²) >= 11 is 0. The van der Waals surface area contributed by atoms with E-state index in [1.807, 2.05) is 24.7 Å². The quantitative estimate of drug-likeness (QED) is 0.809. The zero-order chi connectivity index (χ0) is 17.1. The van der Waals surface area contributed by atoms with Crippen molar-refractivity contribution in [2.45, 2.75) is 32.2 Å². The molecule has 0 radical (unpaired) electrons. The van der Waals surface area contributed by atoms with Gasteiger partial charge in [-0.15, -0.1) is 0 Å². The summed E-state index contributed by atoms with van der Waals surface area (Å²) in [6.07, 6.45) is 2.54. The summed E-state index contributed by atoms with van der Waals surface area (Å²) in [5, 5.41) is 4.75. The zero-order valence-corrected chi connectivity index (χ0v) is 14.7. The molecular weight excluding hydrogens is 302 g/mol. The Morgan fingerprint density at radius 3 is 2.62 bits per heavy atom. The zero-order valence-electron chi connectivity index (χ0n) is 14.7. The highest BCUT2D eigenvalue weighted by atomic mass is 16.5. The highest BCUT2D eigenvalue weighted by molar-refractivity contribution is 5.75. The van der Waals surface area contributed by atoms with Crippen molar-refractivity contribution in [2.24, 2.45) is 7.05 Å². The number of carbonyl (C=O) groups excluding carboxylic acids is 1. The third-order valence-electron chi connectivity index (χ3n) is 4.86. The minimum Gasteiger partial charge on any atom is -0.468 e. The Balaban J connectivity index is 1.87. The summed E-state index contributed by atoms with van der Waals surface area (Å²) in [5.74, 6) is -0.138. The maximum absolute atomic E-state index is 12.0. The Morgan fingerprint density at radius 2 is 1.96 bits per heavy atom. The Kier molecular flexibility index (Phi) is 5.00. The van der Waals surface area contributed by atoms with Gasteiger partial charge in [0.2, 0.25) is 0 Å². The molecule has 1 aliphatic heterocycles. The Morgan fingerprint density at radius 1 is 1.25 bits per heavy atom. The average Bonchev–Trinajstić information content (AvgIpc) is 2.79. The first-order valence-electron chi connectivity index (χ1n) is 8.57. The van der Waals surface area contributed by atoms with Crippen LogP contribution < -0.4 is 0 Å². The molecule has 1 aliphatic rings. The lowest BCUT2D eigenvalue weighted by molar-refractivity contribution is -0.147. The van der Waals surface area contributed by atoms with E-state index in [-0.39, 0.29) is 12.0 Å². The van der Waals surface area contributed by atoms with Gasteiger partial charge in [0, 0.05) is 37.7 Å². The van der Waals surface area contributed by atoms with E-state index in [0.29, 0.717) is 0 Å². The van der Waals surface area contributed by atoms with Gasteiger partial charge in [0.25, 0.3) is 0 Å². The molecule has 0 saturated heterocycles. The van der Waals surface area contributed by atoms with Crippen molar-refractivity contribution in [3.63, 3.8) is 0 Å². The molecule has 24 heavy (non-hydrogen) atoms. The second kappa shape index (κ2) is 7.18. The normalized spacial score (nSPS) is 16.3. The monoisotopic (exact) mass is 327 g/mol. The van der Waals surface area contributed by atoms with E-state index < -0.39 is 0 Å². The molecular formula is C19H25N3O2. The first kappa shape index (κ1) is 16.7. The van der Waals surface area contributed by atoms with Crippen LogP contribution in [0.2, 0.25) is 0 Å². The van der Waals surface area contributed by atoms with Gasteiger partial charge in [-0.1, -0.05) is 37.3 Å². The third kappa shape index (κ3) is 3.08. The van der Waals surface area contributed by atoms with E-state index in [1.54, 1.807) is 0 Å². The van der Waals surface area contributed by atoms with E-state index in [4.69, 9.17) is 9.84 Å².